The summed E-state index contributed by atoms with van der Waals surface area (Å²) >= 11 is 0. The summed E-state index contributed by atoms with van der Waals surface area (Å²) in [7, 11) is 0. The highest BCUT2D eigenvalue weighted by atomic mass is 16.6. The molecule has 0 saturated carbocycles. The second-order valence-electron chi connectivity index (χ2n) is 21.3. The van der Waals surface area contributed by atoms with Crippen LogP contribution in [0, 0.1) is 0 Å². The number of unbranched alkanes of at least 4 members (excludes halogenated alkanes) is 35. The molecule has 74 heavy (non-hydrogen) atoms. The van der Waals surface area contributed by atoms with Gasteiger partial charge in [0.05, 0.1) is 0 Å². The van der Waals surface area contributed by atoms with Gasteiger partial charge in [-0.15, -0.1) is 0 Å². The van der Waals surface area contributed by atoms with Crippen molar-refractivity contribution in [3.63, 3.8) is 0 Å². The first-order chi connectivity index (χ1) is 36.5. The van der Waals surface area contributed by atoms with E-state index in [0.29, 0.717) is 19.3 Å². The Bertz CT molecular complexity index is 1370. The number of carbonyl (C=O) groups is 3. The van der Waals surface area contributed by atoms with Crippen molar-refractivity contribution in [2.75, 3.05) is 13.2 Å². The van der Waals surface area contributed by atoms with Crippen LogP contribution in [0.4, 0.5) is 0 Å². The lowest BCUT2D eigenvalue weighted by Crippen LogP contribution is -2.30. The second kappa shape index (κ2) is 62.4. The molecular weight excluding hydrogens is 913 g/mol. The molecule has 0 aliphatic carbocycles. The molecule has 0 N–H and O–H groups in total. The van der Waals surface area contributed by atoms with Crippen molar-refractivity contribution < 1.29 is 28.6 Å². The van der Waals surface area contributed by atoms with Crippen molar-refractivity contribution in [1.82, 2.24) is 0 Å². The molecule has 0 rings (SSSR count). The number of allylic oxidation sites excluding steroid dienone is 12. The first kappa shape index (κ1) is 70.8. The van der Waals surface area contributed by atoms with E-state index in [1.54, 1.807) is 0 Å². The number of ether oxygens (including phenoxy) is 3. The van der Waals surface area contributed by atoms with Gasteiger partial charge in [-0.1, -0.05) is 286 Å². The smallest absolute Gasteiger partial charge is 0.306 e. The first-order valence-corrected chi connectivity index (χ1v) is 31.9. The van der Waals surface area contributed by atoms with Crippen LogP contribution in [-0.2, 0) is 28.6 Å². The van der Waals surface area contributed by atoms with Crippen LogP contribution >= 0.6 is 0 Å². The van der Waals surface area contributed by atoms with Gasteiger partial charge in [0.15, 0.2) is 6.10 Å². The van der Waals surface area contributed by atoms with Crippen molar-refractivity contribution in [1.29, 1.82) is 0 Å². The molecular formula is C68H120O6. The molecule has 0 radical (unpaired) electrons. The van der Waals surface area contributed by atoms with E-state index in [2.05, 4.69) is 93.7 Å². The minimum Gasteiger partial charge on any atom is -0.462 e. The van der Waals surface area contributed by atoms with Crippen LogP contribution in [0.5, 0.6) is 0 Å². The molecule has 6 nitrogen and oxygen atoms in total. The molecule has 0 bridgehead atoms. The third-order valence-electron chi connectivity index (χ3n) is 13.9. The third kappa shape index (κ3) is 59.7. The maximum absolute atomic E-state index is 12.9. The molecule has 1 unspecified atom stereocenters. The Kier molecular flexibility index (Phi) is 59.7. The maximum Gasteiger partial charge on any atom is 0.306 e. The SMILES string of the molecule is CC/C=C\C/C=C\C/C=C\C/C=C\C/C=C\CCCCCCCCCCCC(=O)OCC(COC(=O)CCCCCCCCCCCCCCCCC)OC(=O)CCCCCCC/C=C\CCCCCCCCC. The van der Waals surface area contributed by atoms with Crippen LogP contribution in [0.2, 0.25) is 0 Å². The molecule has 0 aliphatic heterocycles. The summed E-state index contributed by atoms with van der Waals surface area (Å²) in [4.78, 5) is 38.3. The maximum atomic E-state index is 12.9. The molecule has 0 spiro atoms. The van der Waals surface area contributed by atoms with E-state index in [0.717, 1.165) is 109 Å². The van der Waals surface area contributed by atoms with Crippen molar-refractivity contribution in [3.8, 4) is 0 Å². The van der Waals surface area contributed by atoms with Gasteiger partial charge in [-0.05, 0) is 89.9 Å². The van der Waals surface area contributed by atoms with Gasteiger partial charge in [0.25, 0.3) is 0 Å². The van der Waals surface area contributed by atoms with Crippen LogP contribution in [0.3, 0.4) is 0 Å². The van der Waals surface area contributed by atoms with Crippen LogP contribution in [-0.4, -0.2) is 37.2 Å². The van der Waals surface area contributed by atoms with Gasteiger partial charge in [-0.3, -0.25) is 14.4 Å². The predicted molar refractivity (Wildman–Crippen MR) is 321 cm³/mol. The lowest BCUT2D eigenvalue weighted by atomic mass is 10.0. The van der Waals surface area contributed by atoms with Crippen LogP contribution in [0.15, 0.2) is 72.9 Å². The molecule has 0 fully saturated rings. The average Bonchev–Trinajstić information content (AvgIpc) is 3.40. The lowest BCUT2D eigenvalue weighted by Gasteiger charge is -2.18. The van der Waals surface area contributed by atoms with Gasteiger partial charge in [0.2, 0.25) is 0 Å². The van der Waals surface area contributed by atoms with E-state index in [1.807, 2.05) is 0 Å². The van der Waals surface area contributed by atoms with Crippen molar-refractivity contribution in [3.05, 3.63) is 72.9 Å². The molecule has 0 aromatic carbocycles. The fourth-order valence-electron chi connectivity index (χ4n) is 9.17. The largest absolute Gasteiger partial charge is 0.462 e. The Morgan fingerprint density at radius 1 is 0.284 bits per heavy atom. The summed E-state index contributed by atoms with van der Waals surface area (Å²) in [6.07, 6.45) is 80.4. The van der Waals surface area contributed by atoms with E-state index >= 15 is 0 Å². The van der Waals surface area contributed by atoms with Crippen molar-refractivity contribution >= 4 is 17.9 Å². The van der Waals surface area contributed by atoms with Gasteiger partial charge >= 0.3 is 17.9 Å². The zero-order valence-corrected chi connectivity index (χ0v) is 49.1. The van der Waals surface area contributed by atoms with Gasteiger partial charge in [0.1, 0.15) is 13.2 Å². The standard InChI is InChI=1S/C68H120O6/c1-4-7-10-13-16-19-22-25-28-30-31-32-33-34-35-36-37-38-41-43-46-49-52-55-58-61-67(70)73-64-65(63-72-66(69)60-57-54-51-48-45-42-39-27-24-21-18-15-12-9-6-3)74-68(71)62-59-56-53-50-47-44-40-29-26-23-20-17-14-11-8-5-2/h7,10,16,19,25,28-29,31-32,34-35,40,65H,4-6,8-9,11-15,17-18,20-24,26-27,30,33,36-39,41-64H2,1-3H3/b10-7-,19-16-,28-25-,32-31-,35-34-,40-29-. The fourth-order valence-corrected chi connectivity index (χ4v) is 9.17. The highest BCUT2D eigenvalue weighted by Crippen LogP contribution is 2.17. The lowest BCUT2D eigenvalue weighted by molar-refractivity contribution is -0.167. The minimum atomic E-state index is -0.781. The summed E-state index contributed by atoms with van der Waals surface area (Å²) in [5.41, 5.74) is 0. The molecule has 0 aromatic rings. The topological polar surface area (TPSA) is 78.9 Å². The summed E-state index contributed by atoms with van der Waals surface area (Å²) < 4.78 is 16.9. The Morgan fingerprint density at radius 3 is 0.838 bits per heavy atom. The van der Waals surface area contributed by atoms with Gasteiger partial charge in [-0.2, -0.15) is 0 Å². The quantitative estimate of drug-likeness (QED) is 0.0261. The highest BCUT2D eigenvalue weighted by molar-refractivity contribution is 5.71. The fraction of sp³-hybridized carbons (Fsp3) is 0.779. The predicted octanol–water partition coefficient (Wildman–Crippen LogP) is 21.7. The molecule has 428 valence electrons. The molecule has 0 amide bonds. The normalized spacial score (nSPS) is 12.5. The van der Waals surface area contributed by atoms with Crippen LogP contribution in [0.25, 0.3) is 0 Å². The molecule has 0 heterocycles. The second-order valence-corrected chi connectivity index (χ2v) is 21.3. The minimum absolute atomic E-state index is 0.0769. The summed E-state index contributed by atoms with van der Waals surface area (Å²) in [6.45, 7) is 6.55. The van der Waals surface area contributed by atoms with Gasteiger partial charge in [0, 0.05) is 19.3 Å². The summed E-state index contributed by atoms with van der Waals surface area (Å²) in [5, 5.41) is 0. The van der Waals surface area contributed by atoms with Crippen LogP contribution < -0.4 is 0 Å². The van der Waals surface area contributed by atoms with Crippen molar-refractivity contribution in [2.45, 2.75) is 329 Å². The molecule has 6 heteroatoms. The van der Waals surface area contributed by atoms with E-state index in [4.69, 9.17) is 14.2 Å². The van der Waals surface area contributed by atoms with E-state index in [9.17, 15) is 14.4 Å². The Hall–Kier alpha value is -3.15. The highest BCUT2D eigenvalue weighted by Gasteiger charge is 2.19. The number of carbonyl (C=O) groups excluding carboxylic acids is 3. The van der Waals surface area contributed by atoms with E-state index in [1.165, 1.54) is 173 Å². The molecule has 0 saturated heterocycles. The summed E-state index contributed by atoms with van der Waals surface area (Å²) in [5.74, 6) is -0.875. The average molecular weight is 1030 g/mol. The molecule has 1 atom stereocenters. The monoisotopic (exact) mass is 1030 g/mol. The zero-order valence-electron chi connectivity index (χ0n) is 49.1. The first-order valence-electron chi connectivity index (χ1n) is 31.9. The Balaban J connectivity index is 4.33. The number of hydrogen-bond acceptors (Lipinski definition) is 6. The van der Waals surface area contributed by atoms with Crippen LogP contribution in [0.1, 0.15) is 323 Å². The number of hydrogen-bond donors (Lipinski definition) is 0. The van der Waals surface area contributed by atoms with Crippen molar-refractivity contribution in [2.24, 2.45) is 0 Å². The Labute approximate surface area is 459 Å². The molecule has 0 aliphatic rings. The third-order valence-corrected chi connectivity index (χ3v) is 13.9. The van der Waals surface area contributed by atoms with Gasteiger partial charge < -0.3 is 14.2 Å². The number of esters is 3. The van der Waals surface area contributed by atoms with E-state index in [-0.39, 0.29) is 31.1 Å². The Morgan fingerprint density at radius 2 is 0.527 bits per heavy atom. The van der Waals surface area contributed by atoms with Gasteiger partial charge in [-0.25, -0.2) is 0 Å². The number of rotatable bonds is 58. The zero-order chi connectivity index (χ0) is 53.6. The van der Waals surface area contributed by atoms with E-state index < -0.39 is 6.10 Å². The molecule has 0 aromatic heterocycles. The summed E-state index contributed by atoms with van der Waals surface area (Å²) in [6, 6.07) is 0.